The lowest BCUT2D eigenvalue weighted by molar-refractivity contribution is 0.0535. The standard InChI is InChI=1S/C23H19N3O2/c24-16-17-4-3-7-20(14-17)22(27)25-10-12-26(13-11-25)23(28)21-9-8-18-5-1-2-6-19(18)15-21/h1-9,14-15H,10-13H2. The second-order valence-electron chi connectivity index (χ2n) is 6.84. The van der Waals surface area contributed by atoms with Crippen molar-refractivity contribution in [2.45, 2.75) is 0 Å². The number of carbonyl (C=O) groups is 2. The minimum absolute atomic E-state index is 0.00988. The van der Waals surface area contributed by atoms with E-state index in [2.05, 4.69) is 6.07 Å². The van der Waals surface area contributed by atoms with Gasteiger partial charge < -0.3 is 9.80 Å². The van der Waals surface area contributed by atoms with Crippen LogP contribution in [-0.4, -0.2) is 47.8 Å². The molecule has 0 aromatic heterocycles. The van der Waals surface area contributed by atoms with Gasteiger partial charge in [0.25, 0.3) is 11.8 Å². The Kier molecular flexibility index (Phi) is 4.77. The Morgan fingerprint density at radius 3 is 1.96 bits per heavy atom. The average Bonchev–Trinajstić information content (AvgIpc) is 2.78. The molecule has 4 rings (SSSR count). The fourth-order valence-electron chi connectivity index (χ4n) is 3.52. The summed E-state index contributed by atoms with van der Waals surface area (Å²) in [5.74, 6) is -0.112. The van der Waals surface area contributed by atoms with Crippen LogP contribution >= 0.6 is 0 Å². The molecule has 1 heterocycles. The van der Waals surface area contributed by atoms with Crippen molar-refractivity contribution in [1.29, 1.82) is 5.26 Å². The fraction of sp³-hybridized carbons (Fsp3) is 0.174. The van der Waals surface area contributed by atoms with Gasteiger partial charge in [0.2, 0.25) is 0 Å². The zero-order chi connectivity index (χ0) is 19.5. The van der Waals surface area contributed by atoms with Crippen molar-refractivity contribution in [2.75, 3.05) is 26.2 Å². The van der Waals surface area contributed by atoms with Crippen LogP contribution in [-0.2, 0) is 0 Å². The molecule has 0 saturated carbocycles. The number of piperazine rings is 1. The van der Waals surface area contributed by atoms with E-state index < -0.39 is 0 Å². The van der Waals surface area contributed by atoms with Gasteiger partial charge in [0.05, 0.1) is 11.6 Å². The van der Waals surface area contributed by atoms with Crippen molar-refractivity contribution in [3.63, 3.8) is 0 Å². The summed E-state index contributed by atoms with van der Waals surface area (Å²) in [6.45, 7) is 1.95. The van der Waals surface area contributed by atoms with Gasteiger partial charge in [-0.05, 0) is 41.1 Å². The number of rotatable bonds is 2. The van der Waals surface area contributed by atoms with Gasteiger partial charge in [-0.25, -0.2) is 0 Å². The quantitative estimate of drug-likeness (QED) is 0.696. The van der Waals surface area contributed by atoms with Crippen LogP contribution in [0.1, 0.15) is 26.3 Å². The normalized spacial score (nSPS) is 14.0. The Balaban J connectivity index is 1.43. The number of benzene rings is 3. The molecule has 2 amide bonds. The van der Waals surface area contributed by atoms with E-state index >= 15 is 0 Å². The average molecular weight is 369 g/mol. The fourth-order valence-corrected chi connectivity index (χ4v) is 3.52. The van der Waals surface area contributed by atoms with Crippen LogP contribution in [0.4, 0.5) is 0 Å². The lowest BCUT2D eigenvalue weighted by Gasteiger charge is -2.35. The molecule has 1 aliphatic rings. The molecule has 0 N–H and O–H groups in total. The minimum Gasteiger partial charge on any atom is -0.335 e. The SMILES string of the molecule is N#Cc1cccc(C(=O)N2CCN(C(=O)c3ccc4ccccc4c3)CC2)c1. The molecule has 138 valence electrons. The van der Waals surface area contributed by atoms with Crippen molar-refractivity contribution in [2.24, 2.45) is 0 Å². The summed E-state index contributed by atoms with van der Waals surface area (Å²) in [6.07, 6.45) is 0. The summed E-state index contributed by atoms with van der Waals surface area (Å²) in [7, 11) is 0. The third-order valence-corrected chi connectivity index (χ3v) is 5.09. The summed E-state index contributed by atoms with van der Waals surface area (Å²) >= 11 is 0. The summed E-state index contributed by atoms with van der Waals surface area (Å²) in [5, 5.41) is 11.2. The first-order valence-electron chi connectivity index (χ1n) is 9.23. The van der Waals surface area contributed by atoms with Crippen LogP contribution < -0.4 is 0 Å². The maximum Gasteiger partial charge on any atom is 0.254 e. The monoisotopic (exact) mass is 369 g/mol. The van der Waals surface area contributed by atoms with Crippen LogP contribution in [0.3, 0.4) is 0 Å². The summed E-state index contributed by atoms with van der Waals surface area (Å²) in [5.41, 5.74) is 1.64. The Morgan fingerprint density at radius 2 is 1.32 bits per heavy atom. The van der Waals surface area contributed by atoms with Crippen LogP contribution in [0.15, 0.2) is 66.7 Å². The second-order valence-corrected chi connectivity index (χ2v) is 6.84. The van der Waals surface area contributed by atoms with Crippen molar-refractivity contribution in [3.05, 3.63) is 83.4 Å². The number of nitriles is 1. The molecule has 1 fully saturated rings. The number of fused-ring (bicyclic) bond motifs is 1. The topological polar surface area (TPSA) is 64.4 Å². The largest absolute Gasteiger partial charge is 0.335 e. The molecule has 3 aromatic rings. The Labute approximate surface area is 163 Å². The van der Waals surface area contributed by atoms with Gasteiger partial charge in [0, 0.05) is 37.3 Å². The van der Waals surface area contributed by atoms with Gasteiger partial charge in [-0.3, -0.25) is 9.59 Å². The maximum absolute atomic E-state index is 12.9. The summed E-state index contributed by atoms with van der Waals surface area (Å²) in [6, 6.07) is 22.5. The molecule has 0 unspecified atom stereocenters. The van der Waals surface area contributed by atoms with Gasteiger partial charge in [-0.15, -0.1) is 0 Å². The van der Waals surface area contributed by atoms with E-state index in [-0.39, 0.29) is 11.8 Å². The first-order chi connectivity index (χ1) is 13.7. The number of hydrogen-bond donors (Lipinski definition) is 0. The number of amides is 2. The zero-order valence-corrected chi connectivity index (χ0v) is 15.3. The molecule has 28 heavy (non-hydrogen) atoms. The molecule has 1 aliphatic heterocycles. The van der Waals surface area contributed by atoms with E-state index in [0.717, 1.165) is 10.8 Å². The molecule has 0 spiro atoms. The molecular formula is C23H19N3O2. The molecule has 5 heteroatoms. The molecule has 3 aromatic carbocycles. The zero-order valence-electron chi connectivity index (χ0n) is 15.3. The molecule has 1 saturated heterocycles. The van der Waals surface area contributed by atoms with Crippen molar-refractivity contribution < 1.29 is 9.59 Å². The van der Waals surface area contributed by atoms with E-state index in [1.165, 1.54) is 0 Å². The first kappa shape index (κ1) is 17.7. The number of carbonyl (C=O) groups excluding carboxylic acids is 2. The van der Waals surface area contributed by atoms with E-state index in [4.69, 9.17) is 5.26 Å². The van der Waals surface area contributed by atoms with Gasteiger partial charge in [-0.1, -0.05) is 36.4 Å². The van der Waals surface area contributed by atoms with Crippen LogP contribution in [0.2, 0.25) is 0 Å². The highest BCUT2D eigenvalue weighted by Crippen LogP contribution is 2.18. The van der Waals surface area contributed by atoms with Gasteiger partial charge in [0.15, 0.2) is 0 Å². The molecule has 0 atom stereocenters. The molecule has 0 radical (unpaired) electrons. The lowest BCUT2D eigenvalue weighted by Crippen LogP contribution is -2.50. The molecular weight excluding hydrogens is 350 g/mol. The number of nitrogens with zero attached hydrogens (tertiary/aromatic N) is 3. The van der Waals surface area contributed by atoms with E-state index in [0.29, 0.717) is 42.9 Å². The van der Waals surface area contributed by atoms with E-state index in [9.17, 15) is 9.59 Å². The van der Waals surface area contributed by atoms with Gasteiger partial charge in [0.1, 0.15) is 0 Å². The smallest absolute Gasteiger partial charge is 0.254 e. The summed E-state index contributed by atoms with van der Waals surface area (Å²) < 4.78 is 0. The highest BCUT2D eigenvalue weighted by molar-refractivity contribution is 5.99. The first-order valence-corrected chi connectivity index (χ1v) is 9.23. The molecule has 5 nitrogen and oxygen atoms in total. The third kappa shape index (κ3) is 3.45. The van der Waals surface area contributed by atoms with Crippen molar-refractivity contribution in [3.8, 4) is 6.07 Å². The maximum atomic E-state index is 12.9. The summed E-state index contributed by atoms with van der Waals surface area (Å²) in [4.78, 5) is 29.1. The van der Waals surface area contributed by atoms with Crippen LogP contribution in [0.5, 0.6) is 0 Å². The third-order valence-electron chi connectivity index (χ3n) is 5.09. The number of hydrogen-bond acceptors (Lipinski definition) is 3. The van der Waals surface area contributed by atoms with E-state index in [1.54, 1.807) is 34.1 Å². The highest BCUT2D eigenvalue weighted by atomic mass is 16.2. The predicted molar refractivity (Wildman–Crippen MR) is 107 cm³/mol. The Hall–Kier alpha value is -3.65. The Bertz CT molecular complexity index is 1090. The van der Waals surface area contributed by atoms with Crippen LogP contribution in [0.25, 0.3) is 10.8 Å². The Morgan fingerprint density at radius 1 is 0.714 bits per heavy atom. The second kappa shape index (κ2) is 7.53. The molecule has 0 bridgehead atoms. The molecule has 0 aliphatic carbocycles. The van der Waals surface area contributed by atoms with E-state index in [1.807, 2.05) is 42.5 Å². The van der Waals surface area contributed by atoms with Gasteiger partial charge >= 0.3 is 0 Å². The van der Waals surface area contributed by atoms with Gasteiger partial charge in [-0.2, -0.15) is 5.26 Å². The predicted octanol–water partition coefficient (Wildman–Crippen LogP) is 3.31. The van der Waals surface area contributed by atoms with Crippen molar-refractivity contribution in [1.82, 2.24) is 9.80 Å². The lowest BCUT2D eigenvalue weighted by atomic mass is 10.1. The highest BCUT2D eigenvalue weighted by Gasteiger charge is 2.25. The van der Waals surface area contributed by atoms with Crippen LogP contribution in [0, 0.1) is 11.3 Å². The minimum atomic E-state index is -0.102. The van der Waals surface area contributed by atoms with Crippen molar-refractivity contribution >= 4 is 22.6 Å².